The maximum Gasteiger partial charge on any atom is 0.255 e. The Morgan fingerprint density at radius 1 is 1.13 bits per heavy atom. The number of nitrogens with zero attached hydrogens (tertiary/aromatic N) is 2. The summed E-state index contributed by atoms with van der Waals surface area (Å²) in [6.45, 7) is 10.5. The zero-order valence-corrected chi connectivity index (χ0v) is 17.8. The highest BCUT2D eigenvalue weighted by Crippen LogP contribution is 2.47. The van der Waals surface area contributed by atoms with Crippen LogP contribution in [0.3, 0.4) is 0 Å². The summed E-state index contributed by atoms with van der Waals surface area (Å²) >= 11 is 0. The SMILES string of the molecule is C=CC1=C(C=C)[C@H](c2ccc(F)cc2)N(C(=O)C2(OC3CCN(C)CC3)CC2)CC1. The van der Waals surface area contributed by atoms with Gasteiger partial charge in [0.05, 0.1) is 12.1 Å². The molecule has 1 aromatic carbocycles. The maximum absolute atomic E-state index is 13.8. The summed E-state index contributed by atoms with van der Waals surface area (Å²) < 4.78 is 20.0. The Labute approximate surface area is 178 Å². The van der Waals surface area contributed by atoms with Gasteiger partial charge in [0, 0.05) is 19.6 Å². The van der Waals surface area contributed by atoms with E-state index < -0.39 is 5.60 Å². The fourth-order valence-corrected chi connectivity index (χ4v) is 4.72. The molecule has 0 unspecified atom stereocenters. The van der Waals surface area contributed by atoms with Crippen LogP contribution in [0.15, 0.2) is 60.7 Å². The van der Waals surface area contributed by atoms with Crippen LogP contribution in [0.1, 0.15) is 43.7 Å². The summed E-state index contributed by atoms with van der Waals surface area (Å²) in [6, 6.07) is 6.11. The molecule has 2 aliphatic heterocycles. The monoisotopic (exact) mass is 410 g/mol. The van der Waals surface area contributed by atoms with Gasteiger partial charge in [-0.3, -0.25) is 4.79 Å². The van der Waals surface area contributed by atoms with E-state index in [1.54, 1.807) is 12.1 Å². The first-order valence-corrected chi connectivity index (χ1v) is 10.9. The van der Waals surface area contributed by atoms with Crippen molar-refractivity contribution in [1.82, 2.24) is 9.80 Å². The van der Waals surface area contributed by atoms with E-state index in [9.17, 15) is 9.18 Å². The van der Waals surface area contributed by atoms with Gasteiger partial charge in [0.1, 0.15) is 11.4 Å². The Morgan fingerprint density at radius 2 is 1.80 bits per heavy atom. The fourth-order valence-electron chi connectivity index (χ4n) is 4.72. The largest absolute Gasteiger partial charge is 0.362 e. The first-order valence-electron chi connectivity index (χ1n) is 10.9. The van der Waals surface area contributed by atoms with Crippen LogP contribution in [0.5, 0.6) is 0 Å². The normalized spacial score (nSPS) is 24.6. The number of likely N-dealkylation sites (tertiary alicyclic amines) is 1. The number of amides is 1. The smallest absolute Gasteiger partial charge is 0.255 e. The molecule has 0 N–H and O–H groups in total. The molecule has 0 spiro atoms. The first-order chi connectivity index (χ1) is 14.5. The Hall–Kier alpha value is -2.24. The third-order valence-electron chi connectivity index (χ3n) is 6.66. The molecule has 2 fully saturated rings. The first kappa shape index (κ1) is 21.0. The van der Waals surface area contributed by atoms with Crippen molar-refractivity contribution in [3.05, 3.63) is 72.1 Å². The molecule has 160 valence electrons. The van der Waals surface area contributed by atoms with Gasteiger partial charge < -0.3 is 14.5 Å². The zero-order valence-electron chi connectivity index (χ0n) is 17.8. The fraction of sp³-hybridized carbons (Fsp3) is 0.480. The molecule has 30 heavy (non-hydrogen) atoms. The van der Waals surface area contributed by atoms with Gasteiger partial charge >= 0.3 is 0 Å². The molecule has 1 saturated heterocycles. The van der Waals surface area contributed by atoms with E-state index in [4.69, 9.17) is 4.74 Å². The lowest BCUT2D eigenvalue weighted by Gasteiger charge is -2.41. The quantitative estimate of drug-likeness (QED) is 0.696. The van der Waals surface area contributed by atoms with Gasteiger partial charge in [-0.1, -0.05) is 37.4 Å². The number of piperidine rings is 1. The van der Waals surface area contributed by atoms with Crippen molar-refractivity contribution >= 4 is 5.91 Å². The third kappa shape index (κ3) is 4.01. The van der Waals surface area contributed by atoms with E-state index in [1.165, 1.54) is 12.1 Å². The molecular formula is C25H31FN2O2. The van der Waals surface area contributed by atoms with Crippen molar-refractivity contribution in [2.24, 2.45) is 0 Å². The number of hydrogen-bond acceptors (Lipinski definition) is 3. The van der Waals surface area contributed by atoms with Gasteiger partial charge in [0.2, 0.25) is 0 Å². The van der Waals surface area contributed by atoms with E-state index in [0.29, 0.717) is 6.54 Å². The summed E-state index contributed by atoms with van der Waals surface area (Å²) in [6.07, 6.45) is 7.99. The standard InChI is InChI=1S/C25H31FN2O2/c1-4-18-10-17-28(23(22(18)5-2)19-6-8-20(26)9-7-19)24(29)25(13-14-25)30-21-11-15-27(3)16-12-21/h4-9,21,23H,1-2,10-17H2,3H3/t23-/m0/s1. The van der Waals surface area contributed by atoms with E-state index in [0.717, 1.165) is 61.9 Å². The van der Waals surface area contributed by atoms with Crippen LogP contribution in [0.4, 0.5) is 4.39 Å². The average Bonchev–Trinajstić information content (AvgIpc) is 3.55. The van der Waals surface area contributed by atoms with Gasteiger partial charge in [-0.05, 0) is 68.0 Å². The minimum Gasteiger partial charge on any atom is -0.362 e. The van der Waals surface area contributed by atoms with Gasteiger partial charge in [-0.2, -0.15) is 0 Å². The molecule has 1 aliphatic carbocycles. The van der Waals surface area contributed by atoms with Crippen LogP contribution in [-0.2, 0) is 9.53 Å². The van der Waals surface area contributed by atoms with Crippen molar-refractivity contribution < 1.29 is 13.9 Å². The average molecular weight is 411 g/mol. The summed E-state index contributed by atoms with van der Waals surface area (Å²) in [4.78, 5) is 18.0. The minimum atomic E-state index is -0.698. The minimum absolute atomic E-state index is 0.0539. The molecule has 4 rings (SSSR count). The van der Waals surface area contributed by atoms with E-state index >= 15 is 0 Å². The number of carbonyl (C=O) groups excluding carboxylic acids is 1. The molecule has 0 radical (unpaired) electrons. The molecule has 5 heteroatoms. The second kappa shape index (κ2) is 8.48. The second-order valence-corrected chi connectivity index (χ2v) is 8.71. The van der Waals surface area contributed by atoms with Crippen molar-refractivity contribution in [3.8, 4) is 0 Å². The molecule has 4 nitrogen and oxygen atoms in total. The predicted molar refractivity (Wildman–Crippen MR) is 116 cm³/mol. The van der Waals surface area contributed by atoms with Crippen molar-refractivity contribution in [1.29, 1.82) is 0 Å². The number of hydrogen-bond donors (Lipinski definition) is 0. The summed E-state index contributed by atoms with van der Waals surface area (Å²) in [5, 5.41) is 0. The number of rotatable bonds is 6. The number of carbonyl (C=O) groups is 1. The van der Waals surface area contributed by atoms with Gasteiger partial charge in [-0.25, -0.2) is 4.39 Å². The summed E-state index contributed by atoms with van der Waals surface area (Å²) in [5.74, 6) is -0.233. The van der Waals surface area contributed by atoms with Crippen LogP contribution in [-0.4, -0.2) is 54.1 Å². The summed E-state index contributed by atoms with van der Waals surface area (Å²) in [5.41, 5.74) is 2.24. The second-order valence-electron chi connectivity index (χ2n) is 8.71. The number of benzene rings is 1. The molecule has 3 aliphatic rings. The van der Waals surface area contributed by atoms with Crippen molar-refractivity contribution in [2.75, 3.05) is 26.7 Å². The van der Waals surface area contributed by atoms with Crippen LogP contribution >= 0.6 is 0 Å². The van der Waals surface area contributed by atoms with Crippen LogP contribution < -0.4 is 0 Å². The molecule has 1 atom stereocenters. The van der Waals surface area contributed by atoms with Crippen LogP contribution in [0, 0.1) is 5.82 Å². The highest BCUT2D eigenvalue weighted by atomic mass is 19.1. The van der Waals surface area contributed by atoms with Gasteiger partial charge in [0.25, 0.3) is 5.91 Å². The Bertz CT molecular complexity index is 848. The summed E-state index contributed by atoms with van der Waals surface area (Å²) in [7, 11) is 2.12. The third-order valence-corrected chi connectivity index (χ3v) is 6.66. The van der Waals surface area contributed by atoms with E-state index in [2.05, 4.69) is 25.1 Å². The Balaban J connectivity index is 1.61. The van der Waals surface area contributed by atoms with Crippen LogP contribution in [0.2, 0.25) is 0 Å². The van der Waals surface area contributed by atoms with Gasteiger partial charge in [-0.15, -0.1) is 0 Å². The highest BCUT2D eigenvalue weighted by molar-refractivity contribution is 5.89. The number of allylic oxidation sites excluding steroid dienone is 1. The molecular weight excluding hydrogens is 379 g/mol. The number of halogens is 1. The molecule has 1 aromatic rings. The predicted octanol–water partition coefficient (Wildman–Crippen LogP) is 4.41. The zero-order chi connectivity index (χ0) is 21.3. The Morgan fingerprint density at radius 3 is 2.37 bits per heavy atom. The lowest BCUT2D eigenvalue weighted by molar-refractivity contribution is -0.156. The molecule has 2 heterocycles. The molecule has 0 aromatic heterocycles. The molecule has 0 bridgehead atoms. The van der Waals surface area contributed by atoms with Gasteiger partial charge in [0.15, 0.2) is 0 Å². The van der Waals surface area contributed by atoms with Crippen molar-refractivity contribution in [2.45, 2.75) is 49.9 Å². The molecule has 1 saturated carbocycles. The maximum atomic E-state index is 13.8. The topological polar surface area (TPSA) is 32.8 Å². The van der Waals surface area contributed by atoms with Crippen molar-refractivity contribution in [3.63, 3.8) is 0 Å². The molecule has 1 amide bonds. The van der Waals surface area contributed by atoms with E-state index in [-0.39, 0.29) is 23.9 Å². The Kier molecular flexibility index (Phi) is 5.94. The van der Waals surface area contributed by atoms with Crippen LogP contribution in [0.25, 0.3) is 0 Å². The lowest BCUT2D eigenvalue weighted by atomic mass is 9.87. The lowest BCUT2D eigenvalue weighted by Crippen LogP contribution is -2.48. The number of ether oxygens (including phenoxy) is 1. The highest BCUT2D eigenvalue weighted by Gasteiger charge is 2.56. The van der Waals surface area contributed by atoms with E-state index in [1.807, 2.05) is 17.1 Å².